The highest BCUT2D eigenvalue weighted by Gasteiger charge is 2.17. The molecule has 0 heterocycles. The highest BCUT2D eigenvalue weighted by atomic mass is 16.6. The maximum atomic E-state index is 11.6. The van der Waals surface area contributed by atoms with Crippen LogP contribution in [0.15, 0.2) is 0 Å². The van der Waals surface area contributed by atoms with Crippen LogP contribution in [-0.4, -0.2) is 38.4 Å². The Bertz CT molecular complexity index is 387. The van der Waals surface area contributed by atoms with Crippen molar-refractivity contribution in [2.24, 2.45) is 11.3 Å². The van der Waals surface area contributed by atoms with Crippen LogP contribution in [-0.2, 0) is 23.8 Å². The van der Waals surface area contributed by atoms with Gasteiger partial charge in [0.05, 0.1) is 13.2 Å². The lowest BCUT2D eigenvalue weighted by Gasteiger charge is -2.22. The zero-order chi connectivity index (χ0) is 20.5. The van der Waals surface area contributed by atoms with E-state index in [4.69, 9.17) is 14.2 Å². The van der Waals surface area contributed by atoms with Gasteiger partial charge in [-0.2, -0.15) is 0 Å². The molecular formula is C22H42O5. The van der Waals surface area contributed by atoms with E-state index in [1.165, 1.54) is 38.5 Å². The molecule has 0 aromatic rings. The lowest BCUT2D eigenvalue weighted by atomic mass is 9.86. The Morgan fingerprint density at radius 1 is 0.815 bits per heavy atom. The highest BCUT2D eigenvalue weighted by molar-refractivity contribution is 5.73. The van der Waals surface area contributed by atoms with Crippen LogP contribution in [0.2, 0.25) is 0 Å². The maximum Gasteiger partial charge on any atom is 0.332 e. The molecule has 5 heteroatoms. The van der Waals surface area contributed by atoms with Gasteiger partial charge in [-0.1, -0.05) is 79.6 Å². The van der Waals surface area contributed by atoms with Crippen LogP contribution in [0, 0.1) is 11.3 Å². The van der Waals surface area contributed by atoms with Gasteiger partial charge in [-0.3, -0.25) is 0 Å². The number of hydrogen-bond donors (Lipinski definition) is 0. The second kappa shape index (κ2) is 15.9. The molecule has 1 unspecified atom stereocenters. The van der Waals surface area contributed by atoms with E-state index < -0.39 is 11.9 Å². The Kier molecular flexibility index (Phi) is 15.3. The first-order valence-electron chi connectivity index (χ1n) is 10.6. The first-order chi connectivity index (χ1) is 12.7. The van der Waals surface area contributed by atoms with Crippen LogP contribution >= 0.6 is 0 Å². The smallest absolute Gasteiger partial charge is 0.332 e. The fourth-order valence-electron chi connectivity index (χ4n) is 3.06. The van der Waals surface area contributed by atoms with Crippen molar-refractivity contribution in [3.05, 3.63) is 0 Å². The van der Waals surface area contributed by atoms with Gasteiger partial charge in [0.2, 0.25) is 0 Å². The maximum absolute atomic E-state index is 11.6. The molecule has 0 aromatic heterocycles. The van der Waals surface area contributed by atoms with Crippen LogP contribution in [0.5, 0.6) is 0 Å². The van der Waals surface area contributed by atoms with E-state index in [-0.39, 0.29) is 18.6 Å². The van der Waals surface area contributed by atoms with Crippen LogP contribution in [0.4, 0.5) is 0 Å². The molecule has 0 aliphatic carbocycles. The lowest BCUT2D eigenvalue weighted by Crippen LogP contribution is -2.22. The van der Waals surface area contributed by atoms with Crippen LogP contribution in [0.25, 0.3) is 0 Å². The minimum atomic E-state index is -0.438. The summed E-state index contributed by atoms with van der Waals surface area (Å²) in [6.07, 6.45) is 10.6. The van der Waals surface area contributed by atoms with E-state index in [9.17, 15) is 9.59 Å². The third-order valence-electron chi connectivity index (χ3n) is 4.19. The fraction of sp³-hybridized carbons (Fsp3) is 0.909. The van der Waals surface area contributed by atoms with E-state index >= 15 is 0 Å². The zero-order valence-corrected chi connectivity index (χ0v) is 18.3. The molecule has 0 aromatic carbocycles. The van der Waals surface area contributed by atoms with Gasteiger partial charge in [-0.15, -0.1) is 0 Å². The topological polar surface area (TPSA) is 61.8 Å². The number of unbranched alkanes of at least 4 members (excludes halogenated alkanes) is 7. The van der Waals surface area contributed by atoms with Gasteiger partial charge in [0.15, 0.2) is 0 Å². The molecule has 0 fully saturated rings. The second-order valence-electron chi connectivity index (χ2n) is 8.74. The van der Waals surface area contributed by atoms with E-state index in [1.807, 2.05) is 0 Å². The Labute approximate surface area is 166 Å². The minimum Gasteiger partial charge on any atom is -0.464 e. The summed E-state index contributed by atoms with van der Waals surface area (Å²) in [4.78, 5) is 23.2. The van der Waals surface area contributed by atoms with E-state index in [0.29, 0.717) is 19.1 Å². The second-order valence-corrected chi connectivity index (χ2v) is 8.74. The van der Waals surface area contributed by atoms with Crippen molar-refractivity contribution < 1.29 is 23.8 Å². The average Bonchev–Trinajstić information content (AvgIpc) is 2.57. The molecule has 1 atom stereocenters. The van der Waals surface area contributed by atoms with Crippen molar-refractivity contribution in [2.75, 3.05) is 26.4 Å². The Balaban J connectivity index is 3.51. The van der Waals surface area contributed by atoms with Gasteiger partial charge < -0.3 is 14.2 Å². The molecular weight excluding hydrogens is 344 g/mol. The third kappa shape index (κ3) is 19.5. The Morgan fingerprint density at radius 2 is 1.33 bits per heavy atom. The average molecular weight is 387 g/mol. The quantitative estimate of drug-likeness (QED) is 0.266. The number of ether oxygens (including phenoxy) is 3. The molecule has 0 spiro atoms. The summed E-state index contributed by atoms with van der Waals surface area (Å²) in [6.45, 7) is 11.1. The van der Waals surface area contributed by atoms with Crippen molar-refractivity contribution in [2.45, 2.75) is 92.4 Å². The third-order valence-corrected chi connectivity index (χ3v) is 4.19. The summed E-state index contributed by atoms with van der Waals surface area (Å²) >= 11 is 0. The first-order valence-corrected chi connectivity index (χ1v) is 10.6. The Morgan fingerprint density at radius 3 is 1.89 bits per heavy atom. The predicted octanol–water partition coefficient (Wildman–Crippen LogP) is 5.30. The first kappa shape index (κ1) is 25.9. The van der Waals surface area contributed by atoms with Gasteiger partial charge in [0, 0.05) is 0 Å². The Hall–Kier alpha value is -1.10. The SMILES string of the molecule is CCCCCCCCCCOC(=O)COCC(=O)OCC(C)CC(C)(C)C. The van der Waals surface area contributed by atoms with Gasteiger partial charge >= 0.3 is 11.9 Å². The molecule has 0 rings (SSSR count). The molecule has 0 bridgehead atoms. The van der Waals surface area contributed by atoms with E-state index in [2.05, 4.69) is 34.6 Å². The monoisotopic (exact) mass is 386 g/mol. The van der Waals surface area contributed by atoms with Gasteiger partial charge in [-0.25, -0.2) is 9.59 Å². The van der Waals surface area contributed by atoms with Crippen molar-refractivity contribution in [3.63, 3.8) is 0 Å². The summed E-state index contributed by atoms with van der Waals surface area (Å²) in [5, 5.41) is 0. The van der Waals surface area contributed by atoms with Crippen LogP contribution in [0.3, 0.4) is 0 Å². The summed E-state index contributed by atoms with van der Waals surface area (Å²) in [5.41, 5.74) is 0.209. The molecule has 0 aliphatic heterocycles. The number of hydrogen-bond acceptors (Lipinski definition) is 5. The molecule has 0 radical (unpaired) electrons. The largest absolute Gasteiger partial charge is 0.464 e. The van der Waals surface area contributed by atoms with Crippen LogP contribution < -0.4 is 0 Å². The molecule has 0 aliphatic rings. The van der Waals surface area contributed by atoms with Gasteiger partial charge in [0.1, 0.15) is 13.2 Å². The molecule has 5 nitrogen and oxygen atoms in total. The van der Waals surface area contributed by atoms with Crippen molar-refractivity contribution in [3.8, 4) is 0 Å². The molecule has 0 amide bonds. The standard InChI is InChI=1S/C22H42O5/c1-6-7-8-9-10-11-12-13-14-26-20(23)17-25-18-21(24)27-16-19(2)15-22(3,4)5/h19H,6-18H2,1-5H3. The molecule has 27 heavy (non-hydrogen) atoms. The molecule has 0 saturated heterocycles. The lowest BCUT2D eigenvalue weighted by molar-refractivity contribution is -0.156. The number of carbonyl (C=O) groups is 2. The zero-order valence-electron chi connectivity index (χ0n) is 18.3. The van der Waals surface area contributed by atoms with Crippen molar-refractivity contribution >= 4 is 11.9 Å². The predicted molar refractivity (Wildman–Crippen MR) is 109 cm³/mol. The molecule has 0 N–H and O–H groups in total. The van der Waals surface area contributed by atoms with Crippen LogP contribution in [0.1, 0.15) is 92.4 Å². The van der Waals surface area contributed by atoms with Crippen molar-refractivity contribution in [1.82, 2.24) is 0 Å². The summed E-state index contributed by atoms with van der Waals surface area (Å²) in [6, 6.07) is 0. The summed E-state index contributed by atoms with van der Waals surface area (Å²) in [7, 11) is 0. The highest BCUT2D eigenvalue weighted by Crippen LogP contribution is 2.24. The number of esters is 2. The summed E-state index contributed by atoms with van der Waals surface area (Å²) < 4.78 is 15.4. The van der Waals surface area contributed by atoms with Gasteiger partial charge in [0.25, 0.3) is 0 Å². The van der Waals surface area contributed by atoms with E-state index in [1.54, 1.807) is 0 Å². The fourth-order valence-corrected chi connectivity index (χ4v) is 3.06. The molecule has 0 saturated carbocycles. The van der Waals surface area contributed by atoms with E-state index in [0.717, 1.165) is 19.3 Å². The normalized spacial score (nSPS) is 12.6. The number of rotatable bonds is 16. The summed E-state index contributed by atoms with van der Waals surface area (Å²) in [5.74, 6) is -0.566. The van der Waals surface area contributed by atoms with Crippen molar-refractivity contribution in [1.29, 1.82) is 0 Å². The number of carbonyl (C=O) groups excluding carboxylic acids is 2. The molecule has 160 valence electrons. The van der Waals surface area contributed by atoms with Gasteiger partial charge in [-0.05, 0) is 24.2 Å². The minimum absolute atomic E-state index is 0.205.